The minimum Gasteiger partial charge on any atom is -0.300 e. The van der Waals surface area contributed by atoms with Crippen molar-refractivity contribution < 1.29 is 4.79 Å². The Kier molecular flexibility index (Phi) is 3.45. The standard InChI is InChI=1S/C13H23NO/c1-10-7-8-14(9-11(10)2)12-3-5-13(15)6-4-12/h10-12H,3-9H2,1-2H3. The number of ketones is 1. The third-order valence-corrected chi connectivity index (χ3v) is 4.39. The van der Waals surface area contributed by atoms with Gasteiger partial charge in [0.1, 0.15) is 5.78 Å². The molecule has 1 aliphatic carbocycles. The Balaban J connectivity index is 1.86. The van der Waals surface area contributed by atoms with E-state index in [1.165, 1.54) is 19.5 Å². The fraction of sp³-hybridized carbons (Fsp3) is 0.923. The third-order valence-electron chi connectivity index (χ3n) is 4.39. The zero-order valence-electron chi connectivity index (χ0n) is 10.0. The van der Waals surface area contributed by atoms with Gasteiger partial charge in [-0.15, -0.1) is 0 Å². The Bertz CT molecular complexity index is 229. The number of hydrogen-bond acceptors (Lipinski definition) is 2. The molecule has 0 spiro atoms. The summed E-state index contributed by atoms with van der Waals surface area (Å²) in [5, 5.41) is 0. The van der Waals surface area contributed by atoms with Gasteiger partial charge in [-0.05, 0) is 37.6 Å². The van der Waals surface area contributed by atoms with Gasteiger partial charge in [0.25, 0.3) is 0 Å². The molecule has 2 heteroatoms. The van der Waals surface area contributed by atoms with E-state index >= 15 is 0 Å². The van der Waals surface area contributed by atoms with Gasteiger partial charge in [-0.3, -0.25) is 4.79 Å². The lowest BCUT2D eigenvalue weighted by molar-refractivity contribution is -0.121. The first-order chi connectivity index (χ1) is 7.16. The summed E-state index contributed by atoms with van der Waals surface area (Å²) in [6.45, 7) is 7.24. The van der Waals surface area contributed by atoms with Crippen molar-refractivity contribution in [2.24, 2.45) is 11.8 Å². The molecule has 15 heavy (non-hydrogen) atoms. The Morgan fingerprint density at radius 2 is 1.73 bits per heavy atom. The molecule has 86 valence electrons. The van der Waals surface area contributed by atoms with Gasteiger partial charge in [0.15, 0.2) is 0 Å². The van der Waals surface area contributed by atoms with Crippen molar-refractivity contribution in [2.45, 2.75) is 52.0 Å². The molecule has 2 aliphatic rings. The number of rotatable bonds is 1. The van der Waals surface area contributed by atoms with E-state index < -0.39 is 0 Å². The summed E-state index contributed by atoms with van der Waals surface area (Å²) < 4.78 is 0. The summed E-state index contributed by atoms with van der Waals surface area (Å²) in [6.07, 6.45) is 5.21. The molecule has 2 atom stereocenters. The second-order valence-electron chi connectivity index (χ2n) is 5.51. The number of nitrogens with zero attached hydrogens (tertiary/aromatic N) is 1. The van der Waals surface area contributed by atoms with Gasteiger partial charge in [-0.2, -0.15) is 0 Å². The summed E-state index contributed by atoms with van der Waals surface area (Å²) in [7, 11) is 0. The molecule has 0 aromatic carbocycles. The molecule has 0 radical (unpaired) electrons. The molecule has 1 heterocycles. The number of carbonyl (C=O) groups is 1. The lowest BCUT2D eigenvalue weighted by Crippen LogP contribution is -2.46. The van der Waals surface area contributed by atoms with Crippen LogP contribution in [0.2, 0.25) is 0 Å². The minimum atomic E-state index is 0.477. The summed E-state index contributed by atoms with van der Waals surface area (Å²) >= 11 is 0. The van der Waals surface area contributed by atoms with Gasteiger partial charge in [0.05, 0.1) is 0 Å². The Morgan fingerprint density at radius 1 is 1.07 bits per heavy atom. The average Bonchev–Trinajstić information content (AvgIpc) is 2.23. The minimum absolute atomic E-state index is 0.477. The summed E-state index contributed by atoms with van der Waals surface area (Å²) in [6, 6.07) is 0.706. The Hall–Kier alpha value is -0.370. The van der Waals surface area contributed by atoms with Crippen molar-refractivity contribution in [3.63, 3.8) is 0 Å². The number of piperidine rings is 1. The van der Waals surface area contributed by atoms with E-state index in [1.807, 2.05) is 0 Å². The van der Waals surface area contributed by atoms with Crippen molar-refractivity contribution in [1.29, 1.82) is 0 Å². The fourth-order valence-electron chi connectivity index (χ4n) is 2.92. The molecule has 0 aromatic heterocycles. The maximum absolute atomic E-state index is 11.2. The zero-order chi connectivity index (χ0) is 10.8. The van der Waals surface area contributed by atoms with Gasteiger partial charge >= 0.3 is 0 Å². The Morgan fingerprint density at radius 3 is 2.33 bits per heavy atom. The zero-order valence-corrected chi connectivity index (χ0v) is 10.0. The number of carbonyl (C=O) groups excluding carboxylic acids is 1. The molecular formula is C13H23NO. The van der Waals surface area contributed by atoms with Gasteiger partial charge in [-0.25, -0.2) is 0 Å². The largest absolute Gasteiger partial charge is 0.300 e. The molecule has 0 N–H and O–H groups in total. The molecule has 2 nitrogen and oxygen atoms in total. The molecule has 0 aromatic rings. The molecule has 1 aliphatic heterocycles. The second kappa shape index (κ2) is 4.65. The van der Waals surface area contributed by atoms with Crippen LogP contribution < -0.4 is 0 Å². The molecular weight excluding hydrogens is 186 g/mol. The maximum atomic E-state index is 11.2. The van der Waals surface area contributed by atoms with Crippen LogP contribution in [0.3, 0.4) is 0 Å². The van der Waals surface area contributed by atoms with Crippen molar-refractivity contribution in [3.8, 4) is 0 Å². The van der Waals surface area contributed by atoms with Crippen LogP contribution in [0.15, 0.2) is 0 Å². The monoisotopic (exact) mass is 209 g/mol. The maximum Gasteiger partial charge on any atom is 0.133 e. The van der Waals surface area contributed by atoms with Crippen molar-refractivity contribution >= 4 is 5.78 Å². The Labute approximate surface area is 93.0 Å². The van der Waals surface area contributed by atoms with Crippen LogP contribution in [0.4, 0.5) is 0 Å². The van der Waals surface area contributed by atoms with Crippen LogP contribution >= 0.6 is 0 Å². The molecule has 2 unspecified atom stereocenters. The molecule has 1 saturated carbocycles. The van der Waals surface area contributed by atoms with E-state index in [1.54, 1.807) is 0 Å². The van der Waals surface area contributed by atoms with Crippen LogP contribution in [0.1, 0.15) is 46.0 Å². The van der Waals surface area contributed by atoms with Gasteiger partial charge in [-0.1, -0.05) is 13.8 Å². The fourth-order valence-corrected chi connectivity index (χ4v) is 2.92. The van der Waals surface area contributed by atoms with Crippen LogP contribution in [-0.2, 0) is 4.79 Å². The summed E-state index contributed by atoms with van der Waals surface area (Å²) in [5.41, 5.74) is 0. The quantitative estimate of drug-likeness (QED) is 0.661. The normalized spacial score (nSPS) is 35.7. The van der Waals surface area contributed by atoms with E-state index in [4.69, 9.17) is 0 Å². The highest BCUT2D eigenvalue weighted by Gasteiger charge is 2.29. The highest BCUT2D eigenvalue weighted by atomic mass is 16.1. The van der Waals surface area contributed by atoms with Crippen molar-refractivity contribution in [3.05, 3.63) is 0 Å². The van der Waals surface area contributed by atoms with Crippen LogP contribution in [0, 0.1) is 11.8 Å². The molecule has 0 amide bonds. The average molecular weight is 209 g/mol. The molecule has 2 fully saturated rings. The summed E-state index contributed by atoms with van der Waals surface area (Å²) in [5.74, 6) is 2.19. The van der Waals surface area contributed by atoms with E-state index in [-0.39, 0.29) is 0 Å². The smallest absolute Gasteiger partial charge is 0.133 e. The number of hydrogen-bond donors (Lipinski definition) is 0. The summed E-state index contributed by atoms with van der Waals surface area (Å²) in [4.78, 5) is 13.8. The van der Waals surface area contributed by atoms with Crippen LogP contribution in [0.5, 0.6) is 0 Å². The first-order valence-electron chi connectivity index (χ1n) is 6.42. The van der Waals surface area contributed by atoms with Gasteiger partial charge in [0.2, 0.25) is 0 Å². The van der Waals surface area contributed by atoms with E-state index in [9.17, 15) is 4.79 Å². The highest BCUT2D eigenvalue weighted by molar-refractivity contribution is 5.79. The first kappa shape index (κ1) is 11.1. The van der Waals surface area contributed by atoms with Crippen LogP contribution in [0.25, 0.3) is 0 Å². The van der Waals surface area contributed by atoms with E-state index in [0.717, 1.165) is 37.5 Å². The third kappa shape index (κ3) is 2.60. The van der Waals surface area contributed by atoms with Crippen molar-refractivity contribution in [1.82, 2.24) is 4.90 Å². The second-order valence-corrected chi connectivity index (χ2v) is 5.51. The lowest BCUT2D eigenvalue weighted by atomic mass is 9.85. The van der Waals surface area contributed by atoms with Crippen molar-refractivity contribution in [2.75, 3.05) is 13.1 Å². The predicted octanol–water partition coefficient (Wildman–Crippen LogP) is 2.48. The molecule has 0 bridgehead atoms. The highest BCUT2D eigenvalue weighted by Crippen LogP contribution is 2.28. The van der Waals surface area contributed by atoms with E-state index in [0.29, 0.717) is 11.8 Å². The molecule has 2 rings (SSSR count). The number of likely N-dealkylation sites (tertiary alicyclic amines) is 1. The topological polar surface area (TPSA) is 20.3 Å². The number of Topliss-reactive ketones (excluding diaryl/α,β-unsaturated/α-hetero) is 1. The predicted molar refractivity (Wildman–Crippen MR) is 61.8 cm³/mol. The van der Waals surface area contributed by atoms with Gasteiger partial charge < -0.3 is 4.90 Å². The SMILES string of the molecule is CC1CCN(C2CCC(=O)CC2)CC1C. The molecule has 1 saturated heterocycles. The van der Waals surface area contributed by atoms with Gasteiger partial charge in [0, 0.05) is 25.4 Å². The van der Waals surface area contributed by atoms with E-state index in [2.05, 4.69) is 18.7 Å². The lowest BCUT2D eigenvalue weighted by Gasteiger charge is -2.41. The van der Waals surface area contributed by atoms with Crippen LogP contribution in [-0.4, -0.2) is 29.8 Å². The first-order valence-corrected chi connectivity index (χ1v) is 6.42.